The fraction of sp³-hybridized carbons (Fsp3) is 0.944. The predicted octanol–water partition coefficient (Wildman–Crippen LogP) is 0.942. The lowest BCUT2D eigenvalue weighted by molar-refractivity contribution is -0.123. The van der Waals surface area contributed by atoms with Crippen LogP contribution in [-0.4, -0.2) is 73.7 Å². The number of rotatable bonds is 4. The van der Waals surface area contributed by atoms with Crippen molar-refractivity contribution in [2.75, 3.05) is 39.8 Å². The van der Waals surface area contributed by atoms with E-state index in [1.165, 1.54) is 25.7 Å². The summed E-state index contributed by atoms with van der Waals surface area (Å²) in [5.41, 5.74) is 0. The topological polar surface area (TPSA) is 44.8 Å². The first-order valence-electron chi connectivity index (χ1n) is 9.43. The molecule has 2 saturated heterocycles. The van der Waals surface area contributed by atoms with Crippen molar-refractivity contribution in [2.24, 2.45) is 17.8 Å². The number of hydrogen-bond acceptors (Lipinski definition) is 4. The number of carbonyl (C=O) groups is 1. The summed E-state index contributed by atoms with van der Waals surface area (Å²) in [4.78, 5) is 17.1. The van der Waals surface area contributed by atoms with Gasteiger partial charge in [-0.05, 0) is 51.0 Å². The highest BCUT2D eigenvalue weighted by molar-refractivity contribution is 5.78. The summed E-state index contributed by atoms with van der Waals surface area (Å²) in [5, 5.41) is 3.29. The molecule has 2 aliphatic heterocycles. The molecule has 5 nitrogen and oxygen atoms in total. The maximum absolute atomic E-state index is 12.5. The van der Waals surface area contributed by atoms with Gasteiger partial charge in [-0.1, -0.05) is 6.42 Å². The van der Waals surface area contributed by atoms with Gasteiger partial charge in [0.1, 0.15) is 0 Å². The maximum Gasteiger partial charge on any atom is 0.234 e. The molecular formula is C18H31N3O2. The van der Waals surface area contributed by atoms with Crippen LogP contribution in [0.4, 0.5) is 0 Å². The summed E-state index contributed by atoms with van der Waals surface area (Å²) in [6.45, 7) is 6.41. The molecule has 2 aliphatic carbocycles. The summed E-state index contributed by atoms with van der Waals surface area (Å²) in [5.74, 6) is 2.72. The summed E-state index contributed by atoms with van der Waals surface area (Å²) >= 11 is 0. The standard InChI is InChI=1S/C18H31N3O2/c1-12(15-8-13-3-4-14(15)7-13)19-18(22)11-21-9-16-17(10-21)23-6-5-20(16)2/h12-17H,3-11H2,1-2H3,(H,19,22)/t12-,13-,14-,15-,16-,17-/m0/s1. The van der Waals surface area contributed by atoms with E-state index in [1.807, 2.05) is 0 Å². The van der Waals surface area contributed by atoms with E-state index in [2.05, 4.69) is 29.1 Å². The molecule has 0 radical (unpaired) electrons. The van der Waals surface area contributed by atoms with E-state index < -0.39 is 0 Å². The number of likely N-dealkylation sites (N-methyl/N-ethyl adjacent to an activating group) is 1. The fourth-order valence-corrected chi connectivity index (χ4v) is 5.58. The Morgan fingerprint density at radius 3 is 2.87 bits per heavy atom. The van der Waals surface area contributed by atoms with Crippen LogP contribution in [0, 0.1) is 17.8 Å². The van der Waals surface area contributed by atoms with Gasteiger partial charge >= 0.3 is 0 Å². The zero-order chi connectivity index (χ0) is 16.0. The van der Waals surface area contributed by atoms with Gasteiger partial charge < -0.3 is 10.1 Å². The molecule has 4 rings (SSSR count). The Kier molecular flexibility index (Phi) is 4.37. The number of carbonyl (C=O) groups excluding carboxylic acids is 1. The number of nitrogens with zero attached hydrogens (tertiary/aromatic N) is 2. The second-order valence-electron chi connectivity index (χ2n) is 8.35. The minimum atomic E-state index is 0.196. The summed E-state index contributed by atoms with van der Waals surface area (Å²) in [6.07, 6.45) is 5.83. The third kappa shape index (κ3) is 3.15. The molecule has 4 aliphatic rings. The molecule has 23 heavy (non-hydrogen) atoms. The smallest absolute Gasteiger partial charge is 0.234 e. The first-order valence-corrected chi connectivity index (χ1v) is 9.43. The minimum absolute atomic E-state index is 0.196. The van der Waals surface area contributed by atoms with Crippen molar-refractivity contribution in [2.45, 2.75) is 50.8 Å². The largest absolute Gasteiger partial charge is 0.374 e. The first kappa shape index (κ1) is 15.9. The third-order valence-corrected chi connectivity index (χ3v) is 6.85. The first-order chi connectivity index (χ1) is 11.1. The number of amides is 1. The van der Waals surface area contributed by atoms with Crippen LogP contribution < -0.4 is 5.32 Å². The lowest BCUT2D eigenvalue weighted by Crippen LogP contribution is -2.48. The molecule has 0 aromatic heterocycles. The van der Waals surface area contributed by atoms with Gasteiger partial charge in [0.05, 0.1) is 19.3 Å². The van der Waals surface area contributed by atoms with Crippen molar-refractivity contribution in [1.29, 1.82) is 0 Å². The van der Waals surface area contributed by atoms with Crippen LogP contribution >= 0.6 is 0 Å². The van der Waals surface area contributed by atoms with Gasteiger partial charge in [-0.15, -0.1) is 0 Å². The zero-order valence-corrected chi connectivity index (χ0v) is 14.5. The summed E-state index contributed by atoms with van der Waals surface area (Å²) in [7, 11) is 2.17. The normalized spacial score (nSPS) is 41.9. The van der Waals surface area contributed by atoms with Gasteiger partial charge in [0.2, 0.25) is 5.91 Å². The highest BCUT2D eigenvalue weighted by atomic mass is 16.5. The van der Waals surface area contributed by atoms with Crippen molar-refractivity contribution in [1.82, 2.24) is 15.1 Å². The molecule has 0 aromatic carbocycles. The Hall–Kier alpha value is -0.650. The predicted molar refractivity (Wildman–Crippen MR) is 89.1 cm³/mol. The molecule has 1 N–H and O–H groups in total. The van der Waals surface area contributed by atoms with E-state index in [0.29, 0.717) is 24.5 Å². The average molecular weight is 321 g/mol. The number of fused-ring (bicyclic) bond motifs is 3. The lowest BCUT2D eigenvalue weighted by Gasteiger charge is -2.33. The van der Waals surface area contributed by atoms with Gasteiger partial charge in [-0.2, -0.15) is 0 Å². The van der Waals surface area contributed by atoms with Gasteiger partial charge in [0.25, 0.3) is 0 Å². The quantitative estimate of drug-likeness (QED) is 0.837. The van der Waals surface area contributed by atoms with Crippen molar-refractivity contribution in [3.05, 3.63) is 0 Å². The van der Waals surface area contributed by atoms with Crippen LogP contribution in [0.15, 0.2) is 0 Å². The van der Waals surface area contributed by atoms with Crippen LogP contribution in [0.5, 0.6) is 0 Å². The summed E-state index contributed by atoms with van der Waals surface area (Å²) < 4.78 is 5.86. The molecule has 0 aromatic rings. The molecule has 4 fully saturated rings. The molecule has 2 heterocycles. The third-order valence-electron chi connectivity index (χ3n) is 6.85. The van der Waals surface area contributed by atoms with E-state index in [4.69, 9.17) is 4.74 Å². The number of morpholine rings is 1. The second-order valence-corrected chi connectivity index (χ2v) is 8.35. The number of likely N-dealkylation sites (tertiary alicyclic amines) is 1. The zero-order valence-electron chi connectivity index (χ0n) is 14.5. The molecule has 1 amide bonds. The fourth-order valence-electron chi connectivity index (χ4n) is 5.58. The highest BCUT2D eigenvalue weighted by Crippen LogP contribution is 2.49. The minimum Gasteiger partial charge on any atom is -0.374 e. The highest BCUT2D eigenvalue weighted by Gasteiger charge is 2.43. The molecule has 5 heteroatoms. The number of ether oxygens (including phenoxy) is 1. The van der Waals surface area contributed by atoms with Crippen LogP contribution in [0.2, 0.25) is 0 Å². The van der Waals surface area contributed by atoms with Gasteiger partial charge in [0.15, 0.2) is 0 Å². The molecule has 2 bridgehead atoms. The Morgan fingerprint density at radius 2 is 2.17 bits per heavy atom. The Labute approximate surface area is 139 Å². The van der Waals surface area contributed by atoms with E-state index in [9.17, 15) is 4.79 Å². The van der Waals surface area contributed by atoms with Crippen molar-refractivity contribution < 1.29 is 9.53 Å². The average Bonchev–Trinajstić information content (AvgIpc) is 3.21. The molecule has 0 spiro atoms. The second kappa shape index (κ2) is 6.34. The van der Waals surface area contributed by atoms with E-state index in [-0.39, 0.29) is 12.0 Å². The van der Waals surface area contributed by atoms with Crippen LogP contribution in [-0.2, 0) is 9.53 Å². The Balaban J connectivity index is 1.26. The molecular weight excluding hydrogens is 290 g/mol. The van der Waals surface area contributed by atoms with Crippen molar-refractivity contribution in [3.63, 3.8) is 0 Å². The lowest BCUT2D eigenvalue weighted by atomic mass is 9.84. The summed E-state index contributed by atoms with van der Waals surface area (Å²) in [6, 6.07) is 0.793. The Bertz CT molecular complexity index is 458. The Morgan fingerprint density at radius 1 is 1.30 bits per heavy atom. The van der Waals surface area contributed by atoms with E-state index in [1.54, 1.807) is 0 Å². The van der Waals surface area contributed by atoms with Crippen LogP contribution in [0.3, 0.4) is 0 Å². The molecule has 6 atom stereocenters. The van der Waals surface area contributed by atoms with Crippen LogP contribution in [0.1, 0.15) is 32.6 Å². The SMILES string of the molecule is C[C@H](NC(=O)CN1C[C@@H]2OCCN(C)[C@H]2C1)[C@@H]1C[C@H]2CC[C@H]1C2. The monoisotopic (exact) mass is 321 g/mol. The van der Waals surface area contributed by atoms with Gasteiger partial charge in [0, 0.05) is 31.7 Å². The van der Waals surface area contributed by atoms with Crippen LogP contribution in [0.25, 0.3) is 0 Å². The molecule has 130 valence electrons. The van der Waals surface area contributed by atoms with E-state index in [0.717, 1.165) is 38.1 Å². The number of hydrogen-bond donors (Lipinski definition) is 1. The van der Waals surface area contributed by atoms with Gasteiger partial charge in [-0.3, -0.25) is 14.6 Å². The van der Waals surface area contributed by atoms with Crippen molar-refractivity contribution >= 4 is 5.91 Å². The van der Waals surface area contributed by atoms with Crippen molar-refractivity contribution in [3.8, 4) is 0 Å². The molecule has 2 saturated carbocycles. The maximum atomic E-state index is 12.5. The number of nitrogens with one attached hydrogen (secondary N) is 1. The molecule has 0 unspecified atom stereocenters. The van der Waals surface area contributed by atoms with E-state index >= 15 is 0 Å². The van der Waals surface area contributed by atoms with Gasteiger partial charge in [-0.25, -0.2) is 0 Å².